The molecule has 0 saturated carbocycles. The Kier molecular flexibility index (Phi) is 5.41. The van der Waals surface area contributed by atoms with Gasteiger partial charge in [-0.15, -0.1) is 0 Å². The fraction of sp³-hybridized carbons (Fsp3) is 0.417. The van der Waals surface area contributed by atoms with E-state index in [0.29, 0.717) is 6.54 Å². The number of benzene rings is 2. The lowest BCUT2D eigenvalue weighted by Crippen LogP contribution is -2.61. The highest BCUT2D eigenvalue weighted by Crippen LogP contribution is 2.36. The molecule has 2 aromatic rings. The monoisotopic (exact) mass is 391 g/mol. The first-order valence-electron chi connectivity index (χ1n) is 10.4. The molecule has 2 aliphatic rings. The van der Waals surface area contributed by atoms with E-state index >= 15 is 0 Å². The van der Waals surface area contributed by atoms with Crippen LogP contribution in [0.3, 0.4) is 0 Å². The van der Waals surface area contributed by atoms with Crippen LogP contribution in [0.25, 0.3) is 11.1 Å². The van der Waals surface area contributed by atoms with Crippen molar-refractivity contribution in [3.8, 4) is 11.1 Å². The number of nitrogens with one attached hydrogen (secondary N) is 1. The fourth-order valence-corrected chi connectivity index (χ4v) is 4.94. The Morgan fingerprint density at radius 2 is 1.69 bits per heavy atom. The van der Waals surface area contributed by atoms with Gasteiger partial charge in [0.15, 0.2) is 0 Å². The first-order chi connectivity index (χ1) is 13.9. The van der Waals surface area contributed by atoms with Crippen LogP contribution in [-0.2, 0) is 16.1 Å². The minimum atomic E-state index is -0.220. The summed E-state index contributed by atoms with van der Waals surface area (Å²) in [4.78, 5) is 28.1. The second kappa shape index (κ2) is 7.99. The molecule has 0 aromatic heterocycles. The third kappa shape index (κ3) is 4.20. The van der Waals surface area contributed by atoms with Gasteiger partial charge in [-0.2, -0.15) is 0 Å². The van der Waals surface area contributed by atoms with E-state index in [0.717, 1.165) is 32.6 Å². The number of rotatable bonds is 4. The molecule has 29 heavy (non-hydrogen) atoms. The van der Waals surface area contributed by atoms with Gasteiger partial charge in [-0.25, -0.2) is 0 Å². The Bertz CT molecular complexity index is 881. The minimum absolute atomic E-state index is 0.0142. The highest BCUT2D eigenvalue weighted by Gasteiger charge is 2.50. The quantitative estimate of drug-likeness (QED) is 0.872. The summed E-state index contributed by atoms with van der Waals surface area (Å²) in [6.45, 7) is 7.24. The molecule has 0 unspecified atom stereocenters. The smallest absolute Gasteiger partial charge is 0.219 e. The van der Waals surface area contributed by atoms with Crippen molar-refractivity contribution in [1.29, 1.82) is 0 Å². The first-order valence-corrected chi connectivity index (χ1v) is 10.4. The van der Waals surface area contributed by atoms with Gasteiger partial charge in [0.1, 0.15) is 0 Å². The van der Waals surface area contributed by atoms with Crippen LogP contribution in [0.2, 0.25) is 0 Å². The Morgan fingerprint density at radius 3 is 2.34 bits per heavy atom. The lowest BCUT2D eigenvalue weighted by Gasteiger charge is -2.43. The van der Waals surface area contributed by atoms with E-state index in [4.69, 9.17) is 0 Å². The molecule has 0 spiro atoms. The number of carbonyl (C=O) groups excluding carboxylic acids is 2. The second-order valence-corrected chi connectivity index (χ2v) is 8.48. The average Bonchev–Trinajstić information content (AvgIpc) is 3.05. The molecule has 5 nitrogen and oxygen atoms in total. The number of carbonyl (C=O) groups is 2. The number of nitrogens with zero attached hydrogens (tertiary/aromatic N) is 2. The summed E-state index contributed by atoms with van der Waals surface area (Å²) in [6, 6.07) is 19.1. The number of hydrogen-bond acceptors (Lipinski definition) is 3. The molecule has 4 rings (SSSR count). The van der Waals surface area contributed by atoms with Crippen LogP contribution in [0.1, 0.15) is 25.8 Å². The predicted molar refractivity (Wildman–Crippen MR) is 114 cm³/mol. The molecular formula is C24H29N3O2. The Morgan fingerprint density at radius 1 is 1.00 bits per heavy atom. The first kappa shape index (κ1) is 19.6. The number of hydrogen-bond donors (Lipinski definition) is 1. The lowest BCUT2D eigenvalue weighted by molar-refractivity contribution is -0.132. The van der Waals surface area contributed by atoms with Crippen LogP contribution in [0.15, 0.2) is 54.6 Å². The van der Waals surface area contributed by atoms with Crippen molar-refractivity contribution in [2.45, 2.75) is 32.4 Å². The Hall–Kier alpha value is -2.66. The molecule has 5 heteroatoms. The summed E-state index contributed by atoms with van der Waals surface area (Å²) in [5.74, 6) is 0.407. The van der Waals surface area contributed by atoms with Gasteiger partial charge in [0.25, 0.3) is 0 Å². The average molecular weight is 392 g/mol. The number of piperidine rings is 1. The second-order valence-electron chi connectivity index (χ2n) is 8.48. The molecule has 2 heterocycles. The van der Waals surface area contributed by atoms with Crippen molar-refractivity contribution >= 4 is 11.8 Å². The van der Waals surface area contributed by atoms with Gasteiger partial charge in [-0.05, 0) is 23.1 Å². The van der Waals surface area contributed by atoms with Gasteiger partial charge < -0.3 is 10.2 Å². The minimum Gasteiger partial charge on any atom is -0.349 e. The maximum Gasteiger partial charge on any atom is 0.219 e. The maximum absolute atomic E-state index is 11.9. The standard InChI is InChI=1S/C24H29N3O2/c1-18(28)25-24-12-13-27(19(2)29)16-23(24)15-26(17-24)14-20-8-10-22(11-9-20)21-6-4-3-5-7-21/h3-11,23H,12-17H2,1-2H3,(H,25,28)/t23-,24+/m0/s1. The maximum atomic E-state index is 11.9. The van der Waals surface area contributed by atoms with Gasteiger partial charge in [0, 0.05) is 52.5 Å². The van der Waals surface area contributed by atoms with E-state index in [1.54, 1.807) is 13.8 Å². The topological polar surface area (TPSA) is 52.7 Å². The zero-order valence-electron chi connectivity index (χ0n) is 17.2. The van der Waals surface area contributed by atoms with Gasteiger partial charge in [-0.1, -0.05) is 54.6 Å². The molecule has 2 saturated heterocycles. The van der Waals surface area contributed by atoms with Crippen LogP contribution in [-0.4, -0.2) is 53.3 Å². The summed E-state index contributed by atoms with van der Waals surface area (Å²) in [5, 5.41) is 3.24. The number of fused-ring (bicyclic) bond motifs is 1. The zero-order valence-corrected chi connectivity index (χ0v) is 17.2. The van der Waals surface area contributed by atoms with Crippen molar-refractivity contribution in [3.63, 3.8) is 0 Å². The van der Waals surface area contributed by atoms with E-state index in [1.807, 2.05) is 11.0 Å². The summed E-state index contributed by atoms with van der Waals surface area (Å²) in [7, 11) is 0. The third-order valence-corrected chi connectivity index (χ3v) is 6.37. The van der Waals surface area contributed by atoms with Crippen LogP contribution in [0, 0.1) is 5.92 Å². The van der Waals surface area contributed by atoms with Crippen molar-refractivity contribution in [1.82, 2.24) is 15.1 Å². The summed E-state index contributed by atoms with van der Waals surface area (Å²) < 4.78 is 0. The third-order valence-electron chi connectivity index (χ3n) is 6.37. The summed E-state index contributed by atoms with van der Waals surface area (Å²) in [6.07, 6.45) is 0.820. The Balaban J connectivity index is 1.47. The highest BCUT2D eigenvalue weighted by molar-refractivity contribution is 5.75. The number of amides is 2. The van der Waals surface area contributed by atoms with Crippen LogP contribution < -0.4 is 5.32 Å². The molecule has 2 aromatic carbocycles. The SMILES string of the molecule is CC(=O)N[C@@]12CCN(C(C)=O)C[C@@H]1CN(Cc1ccc(-c3ccccc3)cc1)C2. The van der Waals surface area contributed by atoms with Crippen molar-refractivity contribution in [3.05, 3.63) is 60.2 Å². The molecule has 1 N–H and O–H groups in total. The molecule has 2 fully saturated rings. The Labute approximate surface area is 172 Å². The van der Waals surface area contributed by atoms with Gasteiger partial charge in [0.2, 0.25) is 11.8 Å². The zero-order chi connectivity index (χ0) is 20.4. The van der Waals surface area contributed by atoms with Gasteiger partial charge in [0.05, 0.1) is 5.54 Å². The number of likely N-dealkylation sites (tertiary alicyclic amines) is 2. The summed E-state index contributed by atoms with van der Waals surface area (Å²) in [5.41, 5.74) is 3.49. The lowest BCUT2D eigenvalue weighted by atomic mass is 9.80. The predicted octanol–water partition coefficient (Wildman–Crippen LogP) is 2.91. The molecule has 152 valence electrons. The van der Waals surface area contributed by atoms with Crippen molar-refractivity contribution in [2.24, 2.45) is 5.92 Å². The normalized spacial score (nSPS) is 24.2. The van der Waals surface area contributed by atoms with E-state index in [1.165, 1.54) is 16.7 Å². The van der Waals surface area contributed by atoms with Crippen molar-refractivity contribution < 1.29 is 9.59 Å². The molecule has 0 radical (unpaired) electrons. The molecular weight excluding hydrogens is 362 g/mol. The van der Waals surface area contributed by atoms with E-state index in [2.05, 4.69) is 58.7 Å². The van der Waals surface area contributed by atoms with Crippen LogP contribution in [0.4, 0.5) is 0 Å². The molecule has 2 aliphatic heterocycles. The van der Waals surface area contributed by atoms with Gasteiger partial charge >= 0.3 is 0 Å². The highest BCUT2D eigenvalue weighted by atomic mass is 16.2. The molecule has 0 bridgehead atoms. The molecule has 2 amide bonds. The van der Waals surface area contributed by atoms with Crippen molar-refractivity contribution in [2.75, 3.05) is 26.2 Å². The summed E-state index contributed by atoms with van der Waals surface area (Å²) >= 11 is 0. The molecule has 0 aliphatic carbocycles. The largest absolute Gasteiger partial charge is 0.349 e. The van der Waals surface area contributed by atoms with E-state index in [-0.39, 0.29) is 23.3 Å². The molecule has 2 atom stereocenters. The van der Waals surface area contributed by atoms with Gasteiger partial charge in [-0.3, -0.25) is 14.5 Å². The fourth-order valence-electron chi connectivity index (χ4n) is 4.94. The van der Waals surface area contributed by atoms with E-state index in [9.17, 15) is 9.59 Å². The van der Waals surface area contributed by atoms with Crippen LogP contribution >= 0.6 is 0 Å². The van der Waals surface area contributed by atoms with Crippen LogP contribution in [0.5, 0.6) is 0 Å². The van der Waals surface area contributed by atoms with E-state index < -0.39 is 0 Å².